The smallest absolute Gasteiger partial charge is 0.306 e. The van der Waals surface area contributed by atoms with E-state index in [2.05, 4.69) is 99.0 Å². The van der Waals surface area contributed by atoms with E-state index >= 15 is 0 Å². The third-order valence-corrected chi connectivity index (χ3v) is 11.3. The van der Waals surface area contributed by atoms with Crippen LogP contribution < -0.4 is 5.32 Å². The summed E-state index contributed by atoms with van der Waals surface area (Å²) in [5, 5.41) is 23.7. The molecule has 3 N–H and O–H groups in total. The molecule has 6 nitrogen and oxygen atoms in total. The lowest BCUT2D eigenvalue weighted by Crippen LogP contribution is -2.46. The van der Waals surface area contributed by atoms with Crippen LogP contribution in [0, 0.1) is 0 Å². The van der Waals surface area contributed by atoms with Crippen molar-refractivity contribution in [2.75, 3.05) is 6.61 Å². The number of amides is 1. The number of ether oxygens (including phenoxy) is 1. The van der Waals surface area contributed by atoms with E-state index in [4.69, 9.17) is 4.74 Å². The van der Waals surface area contributed by atoms with Crippen LogP contribution >= 0.6 is 0 Å². The molecule has 0 aromatic heterocycles. The fourth-order valence-electron chi connectivity index (χ4n) is 7.35. The van der Waals surface area contributed by atoms with Gasteiger partial charge >= 0.3 is 5.97 Å². The highest BCUT2D eigenvalue weighted by Gasteiger charge is 2.24. The second-order valence-electron chi connectivity index (χ2n) is 17.2. The van der Waals surface area contributed by atoms with Crippen molar-refractivity contribution in [3.8, 4) is 0 Å². The summed E-state index contributed by atoms with van der Waals surface area (Å²) in [4.78, 5) is 26.1. The van der Waals surface area contributed by atoms with Crippen LogP contribution in [-0.2, 0) is 14.3 Å². The van der Waals surface area contributed by atoms with Crippen LogP contribution in [0.15, 0.2) is 85.1 Å². The fraction of sp³-hybridized carbons (Fsp3) is 0.714. The second-order valence-corrected chi connectivity index (χ2v) is 17.2. The van der Waals surface area contributed by atoms with Crippen molar-refractivity contribution >= 4 is 11.9 Å². The zero-order valence-corrected chi connectivity index (χ0v) is 40.5. The molecule has 0 aromatic carbocycles. The molecule has 356 valence electrons. The number of hydrogen-bond donors (Lipinski definition) is 3. The van der Waals surface area contributed by atoms with Crippen molar-refractivity contribution in [2.45, 2.75) is 251 Å². The lowest BCUT2D eigenvalue weighted by Gasteiger charge is -2.24. The quantitative estimate of drug-likeness (QED) is 0.0245. The van der Waals surface area contributed by atoms with E-state index in [1.54, 1.807) is 0 Å². The number of esters is 1. The molecule has 0 rings (SSSR count). The first-order valence-corrected chi connectivity index (χ1v) is 25.8. The number of hydrogen-bond acceptors (Lipinski definition) is 5. The number of carbonyl (C=O) groups is 2. The van der Waals surface area contributed by atoms with Crippen LogP contribution in [-0.4, -0.2) is 46.9 Å². The average molecular weight is 864 g/mol. The molecule has 0 aromatic rings. The SMILES string of the molecule is CC/C=C/C=C/C=C\CCCCCC(CC(=O)NC(CO)C(O)CCCCCCCCCCCCCCC)OC(=O)CCCCC/C=C\C/C=C\C/C=C\C/C=C\CCCCC. The Hall–Kier alpha value is -2.96. The van der Waals surface area contributed by atoms with Gasteiger partial charge in [-0.25, -0.2) is 0 Å². The lowest BCUT2D eigenvalue weighted by molar-refractivity contribution is -0.151. The molecule has 0 heterocycles. The monoisotopic (exact) mass is 864 g/mol. The lowest BCUT2D eigenvalue weighted by atomic mass is 10.0. The maximum Gasteiger partial charge on any atom is 0.306 e. The van der Waals surface area contributed by atoms with Crippen LogP contribution in [0.1, 0.15) is 233 Å². The van der Waals surface area contributed by atoms with E-state index in [9.17, 15) is 19.8 Å². The van der Waals surface area contributed by atoms with Gasteiger partial charge in [-0.1, -0.05) is 215 Å². The summed E-state index contributed by atoms with van der Waals surface area (Å²) < 4.78 is 5.89. The Morgan fingerprint density at radius 3 is 1.48 bits per heavy atom. The number of rotatable bonds is 45. The highest BCUT2D eigenvalue weighted by molar-refractivity contribution is 5.77. The van der Waals surface area contributed by atoms with Gasteiger partial charge in [-0.3, -0.25) is 9.59 Å². The highest BCUT2D eigenvalue weighted by atomic mass is 16.5. The minimum atomic E-state index is -0.806. The Morgan fingerprint density at radius 1 is 0.500 bits per heavy atom. The molecule has 0 saturated heterocycles. The van der Waals surface area contributed by atoms with Crippen molar-refractivity contribution in [1.82, 2.24) is 5.32 Å². The van der Waals surface area contributed by atoms with Crippen molar-refractivity contribution in [3.05, 3.63) is 85.1 Å². The Balaban J connectivity index is 4.62. The Morgan fingerprint density at radius 2 is 0.935 bits per heavy atom. The van der Waals surface area contributed by atoms with E-state index in [0.29, 0.717) is 19.3 Å². The average Bonchev–Trinajstić information content (AvgIpc) is 3.26. The highest BCUT2D eigenvalue weighted by Crippen LogP contribution is 2.17. The second kappa shape index (κ2) is 49.1. The zero-order valence-electron chi connectivity index (χ0n) is 40.5. The minimum absolute atomic E-state index is 0.0374. The molecule has 3 unspecified atom stereocenters. The molecule has 0 aliphatic heterocycles. The molecule has 6 heteroatoms. The molecule has 0 aliphatic carbocycles. The molecule has 1 amide bonds. The zero-order chi connectivity index (χ0) is 45.2. The summed E-state index contributed by atoms with van der Waals surface area (Å²) in [6, 6.07) is -0.723. The summed E-state index contributed by atoms with van der Waals surface area (Å²) >= 11 is 0. The largest absolute Gasteiger partial charge is 0.462 e. The van der Waals surface area contributed by atoms with Crippen LogP contribution in [0.5, 0.6) is 0 Å². The number of carbonyl (C=O) groups excluding carboxylic acids is 2. The van der Waals surface area contributed by atoms with Crippen molar-refractivity contribution in [3.63, 3.8) is 0 Å². The van der Waals surface area contributed by atoms with Crippen LogP contribution in [0.3, 0.4) is 0 Å². The number of unbranched alkanes of at least 4 members (excludes halogenated alkanes) is 21. The Labute approximate surface area is 383 Å². The molecule has 0 spiro atoms. The third kappa shape index (κ3) is 43.7. The standard InChI is InChI=1S/C56H97NO5/c1-4-7-10-13-16-19-22-24-25-26-27-28-29-31-34-37-40-43-46-49-56(61)62-52(47-44-41-38-35-32-21-18-15-12-9-6-3)50-55(60)57-53(51-58)54(59)48-45-42-39-36-33-30-23-20-17-14-11-8-5-2/h9,12,15-16,18-19,21,24-25,27-28,31-32,34,52-54,58-59H,4-8,10-11,13-14,17,20,22-23,26,29-30,33,35-51H2,1-3H3,(H,57,60)/b12-9+,18-15+,19-16-,25-24-,28-27-,32-21-,34-31-. The van der Waals surface area contributed by atoms with E-state index in [1.807, 2.05) is 12.2 Å². The summed E-state index contributed by atoms with van der Waals surface area (Å²) in [7, 11) is 0. The van der Waals surface area contributed by atoms with Gasteiger partial charge in [0.1, 0.15) is 6.10 Å². The third-order valence-electron chi connectivity index (χ3n) is 11.3. The van der Waals surface area contributed by atoms with Gasteiger partial charge < -0.3 is 20.3 Å². The van der Waals surface area contributed by atoms with Crippen LogP contribution in [0.2, 0.25) is 0 Å². The Kier molecular flexibility index (Phi) is 46.7. The molecule has 62 heavy (non-hydrogen) atoms. The summed E-state index contributed by atoms with van der Waals surface area (Å²) in [6.07, 6.45) is 63.6. The normalized spacial score (nSPS) is 14.0. The maximum atomic E-state index is 13.2. The summed E-state index contributed by atoms with van der Waals surface area (Å²) in [5.41, 5.74) is 0. The van der Waals surface area contributed by atoms with Gasteiger partial charge in [-0.15, -0.1) is 0 Å². The van der Waals surface area contributed by atoms with Gasteiger partial charge in [0.15, 0.2) is 0 Å². The molecular formula is C56H97NO5. The minimum Gasteiger partial charge on any atom is -0.462 e. The van der Waals surface area contributed by atoms with Gasteiger partial charge in [-0.2, -0.15) is 0 Å². The van der Waals surface area contributed by atoms with Gasteiger partial charge in [0.25, 0.3) is 0 Å². The van der Waals surface area contributed by atoms with E-state index < -0.39 is 18.2 Å². The first-order valence-electron chi connectivity index (χ1n) is 25.8. The van der Waals surface area contributed by atoms with Crippen molar-refractivity contribution < 1.29 is 24.5 Å². The van der Waals surface area contributed by atoms with Gasteiger partial charge in [0, 0.05) is 6.42 Å². The van der Waals surface area contributed by atoms with Crippen LogP contribution in [0.25, 0.3) is 0 Å². The van der Waals surface area contributed by atoms with Gasteiger partial charge in [0.2, 0.25) is 5.91 Å². The molecule has 3 atom stereocenters. The number of allylic oxidation sites excluding steroid dienone is 14. The van der Waals surface area contributed by atoms with Crippen molar-refractivity contribution in [1.29, 1.82) is 0 Å². The summed E-state index contributed by atoms with van der Waals surface area (Å²) in [5.74, 6) is -0.550. The van der Waals surface area contributed by atoms with Crippen molar-refractivity contribution in [2.24, 2.45) is 0 Å². The van der Waals surface area contributed by atoms with Gasteiger partial charge in [0.05, 0.1) is 25.2 Å². The molecule has 0 bridgehead atoms. The van der Waals surface area contributed by atoms with Crippen LogP contribution in [0.4, 0.5) is 0 Å². The van der Waals surface area contributed by atoms with Gasteiger partial charge in [-0.05, 0) is 89.9 Å². The fourth-order valence-corrected chi connectivity index (χ4v) is 7.35. The first kappa shape index (κ1) is 59.0. The molecule has 0 aliphatic rings. The molecule has 0 radical (unpaired) electrons. The van der Waals surface area contributed by atoms with E-state index in [-0.39, 0.29) is 24.9 Å². The number of aliphatic hydroxyl groups is 2. The maximum absolute atomic E-state index is 13.2. The molecule has 0 fully saturated rings. The first-order chi connectivity index (χ1) is 30.5. The predicted octanol–water partition coefficient (Wildman–Crippen LogP) is 15.6. The topological polar surface area (TPSA) is 95.9 Å². The number of nitrogens with one attached hydrogen (secondary N) is 1. The number of aliphatic hydroxyl groups excluding tert-OH is 2. The Bertz CT molecular complexity index is 1200. The van der Waals surface area contributed by atoms with E-state index in [0.717, 1.165) is 96.3 Å². The predicted molar refractivity (Wildman–Crippen MR) is 268 cm³/mol. The molecular weight excluding hydrogens is 767 g/mol. The summed E-state index contributed by atoms with van der Waals surface area (Å²) in [6.45, 7) is 6.29. The van der Waals surface area contributed by atoms with E-state index in [1.165, 1.54) is 89.9 Å². The molecule has 0 saturated carbocycles.